The van der Waals surface area contributed by atoms with Crippen LogP contribution in [-0.4, -0.2) is 29.9 Å². The normalized spacial score (nSPS) is 10.4. The van der Waals surface area contributed by atoms with E-state index in [1.54, 1.807) is 29.2 Å². The van der Waals surface area contributed by atoms with Gasteiger partial charge in [-0.2, -0.15) is 0 Å². The predicted molar refractivity (Wildman–Crippen MR) is 108 cm³/mol. The molecule has 2 aromatic carbocycles. The smallest absolute Gasteiger partial charge is 0.315 e. The summed E-state index contributed by atoms with van der Waals surface area (Å²) < 4.78 is 26.0. The van der Waals surface area contributed by atoms with E-state index in [0.29, 0.717) is 13.1 Å². The summed E-state index contributed by atoms with van der Waals surface area (Å²) in [4.78, 5) is 26.2. The van der Waals surface area contributed by atoms with Crippen molar-refractivity contribution < 1.29 is 18.4 Å². The van der Waals surface area contributed by atoms with Crippen molar-refractivity contribution in [2.75, 3.05) is 13.1 Å². The van der Waals surface area contributed by atoms with E-state index in [1.165, 1.54) is 24.3 Å². The lowest BCUT2D eigenvalue weighted by atomic mass is 10.2. The highest BCUT2D eigenvalue weighted by Crippen LogP contribution is 2.09. The number of carbonyl (C=O) groups is 2. The van der Waals surface area contributed by atoms with Gasteiger partial charge in [0.05, 0.1) is 6.54 Å². The number of carbonyl (C=O) groups excluding carboxylic acids is 2. The molecule has 0 spiro atoms. The summed E-state index contributed by atoms with van der Waals surface area (Å²) in [6, 6.07) is 11.4. The molecule has 0 heterocycles. The average Bonchev–Trinajstić information content (AvgIpc) is 2.72. The number of hydrogen-bond acceptors (Lipinski definition) is 2. The van der Waals surface area contributed by atoms with E-state index in [1.807, 2.05) is 0 Å². The molecule has 0 aliphatic carbocycles. The van der Waals surface area contributed by atoms with E-state index in [9.17, 15) is 18.4 Å². The van der Waals surface area contributed by atoms with Crippen LogP contribution in [0.25, 0.3) is 0 Å². The number of hydrogen-bond donors (Lipinski definition) is 2. The molecular formula is C22H27F2N3O2. The highest BCUT2D eigenvalue weighted by molar-refractivity contribution is 5.84. The third kappa shape index (κ3) is 8.29. The SMILES string of the molecule is CCCCCN(Cc1ccc(F)cc1)C(=O)CNC(=O)NCc1ccc(F)cc1. The molecule has 29 heavy (non-hydrogen) atoms. The summed E-state index contributed by atoms with van der Waals surface area (Å²) in [5.74, 6) is -0.868. The van der Waals surface area contributed by atoms with Crippen LogP contribution in [0.2, 0.25) is 0 Å². The summed E-state index contributed by atoms with van der Waals surface area (Å²) in [6.45, 7) is 3.11. The first-order chi connectivity index (χ1) is 14.0. The molecule has 2 aromatic rings. The molecule has 156 valence electrons. The molecule has 0 radical (unpaired) electrons. The van der Waals surface area contributed by atoms with Gasteiger partial charge in [-0.15, -0.1) is 0 Å². The first kappa shape index (κ1) is 22.3. The maximum absolute atomic E-state index is 13.1. The molecule has 2 N–H and O–H groups in total. The lowest BCUT2D eigenvalue weighted by Gasteiger charge is -2.23. The molecule has 0 bridgehead atoms. The fraction of sp³-hybridized carbons (Fsp3) is 0.364. The van der Waals surface area contributed by atoms with E-state index >= 15 is 0 Å². The molecule has 0 fully saturated rings. The van der Waals surface area contributed by atoms with E-state index in [0.717, 1.165) is 30.4 Å². The average molecular weight is 403 g/mol. The Labute approximate surface area is 170 Å². The van der Waals surface area contributed by atoms with Crippen molar-refractivity contribution in [2.45, 2.75) is 39.3 Å². The van der Waals surface area contributed by atoms with Gasteiger partial charge in [-0.05, 0) is 41.8 Å². The fourth-order valence-corrected chi connectivity index (χ4v) is 2.77. The van der Waals surface area contributed by atoms with E-state index < -0.39 is 6.03 Å². The minimum atomic E-state index is -0.474. The number of urea groups is 1. The molecule has 0 unspecified atom stereocenters. The Kier molecular flexibility index (Phi) is 9.08. The van der Waals surface area contributed by atoms with Crippen LogP contribution in [0.5, 0.6) is 0 Å². The first-order valence-corrected chi connectivity index (χ1v) is 9.76. The zero-order valence-corrected chi connectivity index (χ0v) is 16.6. The lowest BCUT2D eigenvalue weighted by Crippen LogP contribution is -2.43. The second-order valence-electron chi connectivity index (χ2n) is 6.81. The Bertz CT molecular complexity index is 780. The van der Waals surface area contributed by atoms with Crippen molar-refractivity contribution >= 4 is 11.9 Å². The molecular weight excluding hydrogens is 376 g/mol. The number of unbranched alkanes of at least 4 members (excludes halogenated alkanes) is 2. The topological polar surface area (TPSA) is 61.4 Å². The van der Waals surface area contributed by atoms with Gasteiger partial charge in [-0.25, -0.2) is 13.6 Å². The Morgan fingerprint density at radius 2 is 1.45 bits per heavy atom. The standard InChI is InChI=1S/C22H27F2N3O2/c1-2-3-4-13-27(16-18-7-11-20(24)12-8-18)21(28)15-26-22(29)25-14-17-5-9-19(23)10-6-17/h5-12H,2-4,13-16H2,1H3,(H2,25,26,29). The largest absolute Gasteiger partial charge is 0.337 e. The second-order valence-corrected chi connectivity index (χ2v) is 6.81. The zero-order valence-electron chi connectivity index (χ0n) is 16.6. The monoisotopic (exact) mass is 403 g/mol. The van der Waals surface area contributed by atoms with Crippen molar-refractivity contribution in [1.29, 1.82) is 0 Å². The number of rotatable bonds is 10. The summed E-state index contributed by atoms with van der Waals surface area (Å²) >= 11 is 0. The van der Waals surface area contributed by atoms with Gasteiger partial charge >= 0.3 is 6.03 Å². The minimum absolute atomic E-state index is 0.136. The molecule has 7 heteroatoms. The Balaban J connectivity index is 1.84. The summed E-state index contributed by atoms with van der Waals surface area (Å²) in [7, 11) is 0. The van der Waals surface area contributed by atoms with E-state index in [-0.39, 0.29) is 30.6 Å². The van der Waals surface area contributed by atoms with Gasteiger partial charge in [0.2, 0.25) is 5.91 Å². The van der Waals surface area contributed by atoms with Crippen LogP contribution in [0.4, 0.5) is 13.6 Å². The van der Waals surface area contributed by atoms with Gasteiger partial charge in [0.1, 0.15) is 11.6 Å². The number of nitrogens with one attached hydrogen (secondary N) is 2. The van der Waals surface area contributed by atoms with Crippen LogP contribution in [0.3, 0.4) is 0 Å². The fourth-order valence-electron chi connectivity index (χ4n) is 2.77. The maximum atomic E-state index is 13.1. The lowest BCUT2D eigenvalue weighted by molar-refractivity contribution is -0.130. The highest BCUT2D eigenvalue weighted by atomic mass is 19.1. The van der Waals surface area contributed by atoms with Gasteiger partial charge in [-0.1, -0.05) is 44.0 Å². The third-order valence-corrected chi connectivity index (χ3v) is 4.44. The van der Waals surface area contributed by atoms with Crippen LogP contribution >= 0.6 is 0 Å². The number of nitrogens with zero attached hydrogens (tertiary/aromatic N) is 1. The van der Waals surface area contributed by atoms with Gasteiger partial charge in [0, 0.05) is 19.6 Å². The van der Waals surface area contributed by atoms with Crippen LogP contribution in [-0.2, 0) is 17.9 Å². The molecule has 0 saturated carbocycles. The van der Waals surface area contributed by atoms with Crippen LogP contribution < -0.4 is 10.6 Å². The van der Waals surface area contributed by atoms with Gasteiger partial charge in [0.25, 0.3) is 0 Å². The molecule has 2 rings (SSSR count). The number of halogens is 2. The van der Waals surface area contributed by atoms with Gasteiger partial charge in [-0.3, -0.25) is 4.79 Å². The summed E-state index contributed by atoms with van der Waals surface area (Å²) in [5, 5.41) is 5.19. The molecule has 0 aromatic heterocycles. The van der Waals surface area contributed by atoms with Gasteiger partial charge < -0.3 is 15.5 Å². The van der Waals surface area contributed by atoms with Crippen molar-refractivity contribution in [2.24, 2.45) is 0 Å². The molecule has 3 amide bonds. The zero-order chi connectivity index (χ0) is 21.1. The molecule has 0 aliphatic heterocycles. The maximum Gasteiger partial charge on any atom is 0.315 e. The number of amides is 3. The Hall–Kier alpha value is -2.96. The van der Waals surface area contributed by atoms with Crippen molar-refractivity contribution in [3.8, 4) is 0 Å². The Morgan fingerprint density at radius 1 is 0.862 bits per heavy atom. The minimum Gasteiger partial charge on any atom is -0.337 e. The molecule has 0 saturated heterocycles. The second kappa shape index (κ2) is 11.8. The molecule has 0 atom stereocenters. The third-order valence-electron chi connectivity index (χ3n) is 4.44. The van der Waals surface area contributed by atoms with Gasteiger partial charge in [0.15, 0.2) is 0 Å². The van der Waals surface area contributed by atoms with E-state index in [4.69, 9.17) is 0 Å². The number of benzene rings is 2. The van der Waals surface area contributed by atoms with Crippen molar-refractivity contribution in [3.63, 3.8) is 0 Å². The molecule has 5 nitrogen and oxygen atoms in total. The highest BCUT2D eigenvalue weighted by Gasteiger charge is 2.15. The van der Waals surface area contributed by atoms with Crippen molar-refractivity contribution in [3.05, 3.63) is 71.3 Å². The predicted octanol–water partition coefficient (Wildman–Crippen LogP) is 3.98. The molecule has 0 aliphatic rings. The Morgan fingerprint density at radius 3 is 2.03 bits per heavy atom. The first-order valence-electron chi connectivity index (χ1n) is 9.76. The van der Waals surface area contributed by atoms with Crippen molar-refractivity contribution in [1.82, 2.24) is 15.5 Å². The summed E-state index contributed by atoms with van der Waals surface area (Å²) in [5.41, 5.74) is 1.59. The summed E-state index contributed by atoms with van der Waals surface area (Å²) in [6.07, 6.45) is 2.89. The van der Waals surface area contributed by atoms with Crippen LogP contribution in [0.15, 0.2) is 48.5 Å². The van der Waals surface area contributed by atoms with Crippen LogP contribution in [0.1, 0.15) is 37.3 Å². The van der Waals surface area contributed by atoms with Crippen LogP contribution in [0, 0.1) is 11.6 Å². The van der Waals surface area contributed by atoms with E-state index in [2.05, 4.69) is 17.6 Å². The quantitative estimate of drug-likeness (QED) is 0.590.